The Hall–Kier alpha value is -1.97. The first-order chi connectivity index (χ1) is 9.36. The fraction of sp³-hybridized carbons (Fsp3) is 0.400. The number of benzene rings is 1. The summed E-state index contributed by atoms with van der Waals surface area (Å²) in [5, 5.41) is 3.18. The van der Waals surface area contributed by atoms with Gasteiger partial charge in [0, 0.05) is 23.9 Å². The Balaban J connectivity index is 1.77. The van der Waals surface area contributed by atoms with Gasteiger partial charge in [0.15, 0.2) is 0 Å². The van der Waals surface area contributed by atoms with Crippen LogP contribution in [-0.2, 0) is 9.47 Å². The van der Waals surface area contributed by atoms with Crippen molar-refractivity contribution in [2.24, 2.45) is 4.99 Å². The molecular weight excluding hydrogens is 240 g/mol. The van der Waals surface area contributed by atoms with Crippen LogP contribution >= 0.6 is 0 Å². The van der Waals surface area contributed by atoms with E-state index in [2.05, 4.69) is 17.2 Å². The minimum atomic E-state index is 0.309. The second-order valence-electron chi connectivity index (χ2n) is 4.70. The summed E-state index contributed by atoms with van der Waals surface area (Å²) in [6.45, 7) is 4.40. The summed E-state index contributed by atoms with van der Waals surface area (Å²) < 4.78 is 11.2. The lowest BCUT2D eigenvalue weighted by Crippen LogP contribution is -2.19. The van der Waals surface area contributed by atoms with Crippen molar-refractivity contribution < 1.29 is 9.47 Å². The zero-order chi connectivity index (χ0) is 13.1. The van der Waals surface area contributed by atoms with E-state index in [4.69, 9.17) is 9.47 Å². The molecule has 0 saturated carbocycles. The number of rotatable bonds is 3. The van der Waals surface area contributed by atoms with Crippen LogP contribution in [0.1, 0.15) is 24.5 Å². The van der Waals surface area contributed by atoms with Crippen LogP contribution in [0.5, 0.6) is 0 Å². The Labute approximate surface area is 113 Å². The van der Waals surface area contributed by atoms with Crippen LogP contribution in [0.15, 0.2) is 35.5 Å². The number of hydrogen-bond donors (Lipinski definition) is 1. The minimum absolute atomic E-state index is 0.309. The van der Waals surface area contributed by atoms with E-state index in [1.807, 2.05) is 30.5 Å². The largest absolute Gasteiger partial charge is 0.490 e. The first-order valence-electron chi connectivity index (χ1n) is 6.74. The van der Waals surface area contributed by atoms with Gasteiger partial charge in [0.25, 0.3) is 0 Å². The van der Waals surface area contributed by atoms with Crippen molar-refractivity contribution in [3.05, 3.63) is 41.6 Å². The van der Waals surface area contributed by atoms with Gasteiger partial charge in [-0.25, -0.2) is 4.99 Å². The Morgan fingerprint density at radius 2 is 2.00 bits per heavy atom. The van der Waals surface area contributed by atoms with Gasteiger partial charge in [-0.3, -0.25) is 0 Å². The molecule has 0 aromatic heterocycles. The minimum Gasteiger partial charge on any atom is -0.490 e. The molecule has 100 valence electrons. The van der Waals surface area contributed by atoms with Crippen LogP contribution in [0, 0.1) is 0 Å². The van der Waals surface area contributed by atoms with E-state index in [0.29, 0.717) is 19.3 Å². The highest BCUT2D eigenvalue weighted by molar-refractivity contribution is 5.95. The molecule has 2 heterocycles. The lowest BCUT2D eigenvalue weighted by atomic mass is 10.1. The molecule has 0 saturated heterocycles. The highest BCUT2D eigenvalue weighted by Crippen LogP contribution is 2.20. The summed E-state index contributed by atoms with van der Waals surface area (Å²) in [6, 6.07) is 8.46. The lowest BCUT2D eigenvalue weighted by Gasteiger charge is -2.16. The van der Waals surface area contributed by atoms with Crippen molar-refractivity contribution in [3.8, 4) is 0 Å². The topological polar surface area (TPSA) is 42.8 Å². The molecule has 0 fully saturated rings. The maximum absolute atomic E-state index is 5.62. The molecule has 0 spiro atoms. The van der Waals surface area contributed by atoms with Crippen molar-refractivity contribution in [3.63, 3.8) is 0 Å². The molecule has 19 heavy (non-hydrogen) atoms. The lowest BCUT2D eigenvalue weighted by molar-refractivity contribution is 0.265. The molecule has 2 aliphatic rings. The molecule has 1 aromatic carbocycles. The van der Waals surface area contributed by atoms with Gasteiger partial charge in [-0.1, -0.05) is 19.1 Å². The Morgan fingerprint density at radius 1 is 1.21 bits per heavy atom. The van der Waals surface area contributed by atoms with Gasteiger partial charge >= 0.3 is 0 Å². The van der Waals surface area contributed by atoms with Gasteiger partial charge in [-0.05, 0) is 18.6 Å². The highest BCUT2D eigenvalue weighted by atomic mass is 16.5. The molecule has 1 unspecified atom stereocenters. The van der Waals surface area contributed by atoms with Gasteiger partial charge in [-0.15, -0.1) is 0 Å². The Bertz CT molecular complexity index is 505. The zero-order valence-corrected chi connectivity index (χ0v) is 11.1. The second-order valence-corrected chi connectivity index (χ2v) is 4.70. The highest BCUT2D eigenvalue weighted by Gasteiger charge is 2.18. The molecule has 0 bridgehead atoms. The third-order valence-electron chi connectivity index (χ3n) is 3.34. The van der Waals surface area contributed by atoms with Crippen molar-refractivity contribution in [1.29, 1.82) is 0 Å². The summed E-state index contributed by atoms with van der Waals surface area (Å²) >= 11 is 0. The van der Waals surface area contributed by atoms with E-state index in [0.717, 1.165) is 35.7 Å². The van der Waals surface area contributed by atoms with Crippen molar-refractivity contribution in [2.75, 3.05) is 19.8 Å². The monoisotopic (exact) mass is 258 g/mol. The number of nitrogens with zero attached hydrogens (tertiary/aromatic N) is 1. The Kier molecular flexibility index (Phi) is 3.40. The summed E-state index contributed by atoms with van der Waals surface area (Å²) in [7, 11) is 0. The summed E-state index contributed by atoms with van der Waals surface area (Å²) in [6.07, 6.45) is 2.93. The van der Waals surface area contributed by atoms with Gasteiger partial charge in [0.2, 0.25) is 5.90 Å². The number of ether oxygens (including phenoxy) is 2. The predicted octanol–water partition coefficient (Wildman–Crippen LogP) is 2.16. The van der Waals surface area contributed by atoms with Crippen molar-refractivity contribution in [2.45, 2.75) is 19.4 Å². The third kappa shape index (κ3) is 2.57. The van der Waals surface area contributed by atoms with Gasteiger partial charge in [0.05, 0.1) is 6.04 Å². The molecule has 0 aliphatic carbocycles. The van der Waals surface area contributed by atoms with Gasteiger partial charge in [0.1, 0.15) is 19.0 Å². The van der Waals surface area contributed by atoms with Crippen molar-refractivity contribution >= 4 is 11.7 Å². The average molecular weight is 258 g/mol. The average Bonchev–Trinajstić information content (AvgIpc) is 2.97. The number of hydrogen-bond acceptors (Lipinski definition) is 4. The normalized spacial score (nSPS) is 21.8. The Morgan fingerprint density at radius 3 is 2.63 bits per heavy atom. The standard InChI is InChI=1S/C15H18N2O2/c1-2-13-10-19-15(17-13)12-5-3-11(4-6-12)14-9-16-7-8-18-14/h3-6,9,13,16H,2,7-8,10H2,1H3. The quantitative estimate of drug-likeness (QED) is 0.903. The predicted molar refractivity (Wildman–Crippen MR) is 74.9 cm³/mol. The first kappa shape index (κ1) is 12.1. The second kappa shape index (κ2) is 5.34. The molecule has 3 rings (SSSR count). The molecule has 1 N–H and O–H groups in total. The zero-order valence-electron chi connectivity index (χ0n) is 11.1. The molecule has 0 radical (unpaired) electrons. The van der Waals surface area contributed by atoms with E-state index >= 15 is 0 Å². The van der Waals surface area contributed by atoms with Crippen LogP contribution in [0.3, 0.4) is 0 Å². The molecule has 4 nitrogen and oxygen atoms in total. The van der Waals surface area contributed by atoms with E-state index in [-0.39, 0.29) is 0 Å². The molecule has 1 aromatic rings. The summed E-state index contributed by atoms with van der Waals surface area (Å²) in [4.78, 5) is 4.56. The third-order valence-corrected chi connectivity index (χ3v) is 3.34. The van der Waals surface area contributed by atoms with Crippen LogP contribution in [-0.4, -0.2) is 31.7 Å². The van der Waals surface area contributed by atoms with Crippen LogP contribution in [0.25, 0.3) is 5.76 Å². The molecular formula is C15H18N2O2. The molecule has 1 atom stereocenters. The van der Waals surface area contributed by atoms with Crippen LogP contribution < -0.4 is 5.32 Å². The van der Waals surface area contributed by atoms with E-state index in [9.17, 15) is 0 Å². The maximum atomic E-state index is 5.62. The SMILES string of the molecule is CCC1COC(c2ccc(C3=CNCCO3)cc2)=N1. The van der Waals surface area contributed by atoms with E-state index < -0.39 is 0 Å². The first-order valence-corrected chi connectivity index (χ1v) is 6.74. The summed E-state index contributed by atoms with van der Waals surface area (Å²) in [5.41, 5.74) is 2.10. The fourth-order valence-electron chi connectivity index (χ4n) is 2.15. The molecule has 0 amide bonds. The smallest absolute Gasteiger partial charge is 0.216 e. The number of nitrogens with one attached hydrogen (secondary N) is 1. The van der Waals surface area contributed by atoms with Gasteiger partial charge < -0.3 is 14.8 Å². The summed E-state index contributed by atoms with van der Waals surface area (Å²) in [5.74, 6) is 1.65. The molecule has 4 heteroatoms. The van der Waals surface area contributed by atoms with Crippen molar-refractivity contribution in [1.82, 2.24) is 5.32 Å². The van der Waals surface area contributed by atoms with Gasteiger partial charge in [-0.2, -0.15) is 0 Å². The van der Waals surface area contributed by atoms with Crippen LogP contribution in [0.4, 0.5) is 0 Å². The van der Waals surface area contributed by atoms with E-state index in [1.54, 1.807) is 0 Å². The maximum Gasteiger partial charge on any atom is 0.216 e. The fourth-order valence-corrected chi connectivity index (χ4v) is 2.15. The number of aliphatic imine (C=N–C) groups is 1. The molecule has 2 aliphatic heterocycles. The van der Waals surface area contributed by atoms with Crippen LogP contribution in [0.2, 0.25) is 0 Å². The van der Waals surface area contributed by atoms with E-state index in [1.165, 1.54) is 0 Å².